The van der Waals surface area contributed by atoms with E-state index in [9.17, 15) is 19.5 Å². The molecule has 10 nitrogen and oxygen atoms in total. The van der Waals surface area contributed by atoms with Crippen molar-refractivity contribution in [1.29, 1.82) is 0 Å². The lowest BCUT2D eigenvalue weighted by Crippen LogP contribution is -2.60. The monoisotopic (exact) mass is 575 g/mol. The molecule has 0 aromatic rings. The second-order valence-electron chi connectivity index (χ2n) is 12.0. The summed E-state index contributed by atoms with van der Waals surface area (Å²) in [5.74, 6) is -2.69. The molecule has 0 aliphatic carbocycles. The van der Waals surface area contributed by atoms with Gasteiger partial charge in [-0.05, 0) is 31.6 Å². The summed E-state index contributed by atoms with van der Waals surface area (Å²) < 4.78 is 18.0. The van der Waals surface area contributed by atoms with Crippen LogP contribution in [0, 0.1) is 17.8 Å². The third kappa shape index (κ3) is 5.60. The van der Waals surface area contributed by atoms with Crippen molar-refractivity contribution < 1.29 is 33.7 Å². The fraction of sp³-hybridized carbons (Fsp3) is 0.774. The van der Waals surface area contributed by atoms with Gasteiger partial charge in [0.1, 0.15) is 17.6 Å². The Balaban J connectivity index is 1.73. The number of hydrogen-bond donors (Lipinski definition) is 1. The van der Waals surface area contributed by atoms with Gasteiger partial charge in [0.25, 0.3) is 0 Å². The summed E-state index contributed by atoms with van der Waals surface area (Å²) in [5.41, 5.74) is -2.02. The number of likely N-dealkylation sites (tertiary alicyclic amines) is 1. The van der Waals surface area contributed by atoms with Crippen LogP contribution in [0.3, 0.4) is 0 Å². The van der Waals surface area contributed by atoms with Crippen molar-refractivity contribution in [1.82, 2.24) is 14.7 Å². The summed E-state index contributed by atoms with van der Waals surface area (Å²) in [4.78, 5) is 48.4. The van der Waals surface area contributed by atoms with Crippen molar-refractivity contribution in [3.05, 3.63) is 25.3 Å². The zero-order valence-electron chi connectivity index (χ0n) is 25.1. The molecule has 230 valence electrons. The lowest BCUT2D eigenvalue weighted by Gasteiger charge is -2.41. The minimum absolute atomic E-state index is 0.0639. The Morgan fingerprint density at radius 1 is 1.22 bits per heavy atom. The van der Waals surface area contributed by atoms with Crippen LogP contribution in [0.5, 0.6) is 0 Å². The third-order valence-electron chi connectivity index (χ3n) is 9.97. The van der Waals surface area contributed by atoms with Crippen LogP contribution in [0.25, 0.3) is 0 Å². The van der Waals surface area contributed by atoms with Gasteiger partial charge in [-0.25, -0.2) is 0 Å². The number of rotatable bonds is 15. The van der Waals surface area contributed by atoms with Crippen molar-refractivity contribution in [2.75, 3.05) is 59.2 Å². The van der Waals surface area contributed by atoms with E-state index >= 15 is 0 Å². The van der Waals surface area contributed by atoms with Crippen LogP contribution in [-0.2, 0) is 28.6 Å². The molecule has 0 saturated carbocycles. The van der Waals surface area contributed by atoms with Crippen LogP contribution >= 0.6 is 0 Å². The average Bonchev–Trinajstić information content (AvgIpc) is 3.59. The van der Waals surface area contributed by atoms with Crippen molar-refractivity contribution >= 4 is 17.8 Å². The maximum Gasteiger partial charge on any atom is 0.312 e. The Hall–Kier alpha value is -2.27. The van der Waals surface area contributed by atoms with E-state index in [4.69, 9.17) is 14.2 Å². The lowest BCUT2D eigenvalue weighted by molar-refractivity contribution is -0.164. The predicted octanol–water partition coefficient (Wildman–Crippen LogP) is 2.01. The number of morpholine rings is 1. The summed E-state index contributed by atoms with van der Waals surface area (Å²) in [6, 6.07) is -1.53. The molecule has 0 aromatic carbocycles. The number of ether oxygens (including phenoxy) is 3. The van der Waals surface area contributed by atoms with Crippen molar-refractivity contribution in [3.63, 3.8) is 0 Å². The average molecular weight is 576 g/mol. The number of carbonyl (C=O) groups is 3. The molecule has 7 atom stereocenters. The lowest BCUT2D eigenvalue weighted by atomic mass is 9.65. The molecule has 4 rings (SSSR count). The van der Waals surface area contributed by atoms with Crippen LogP contribution in [0.2, 0.25) is 0 Å². The predicted molar refractivity (Wildman–Crippen MR) is 154 cm³/mol. The highest BCUT2D eigenvalue weighted by molar-refractivity contribution is 5.98. The molecule has 4 fully saturated rings. The number of aliphatic hydroxyl groups is 1. The van der Waals surface area contributed by atoms with Crippen LogP contribution in [0.4, 0.5) is 0 Å². The highest BCUT2D eigenvalue weighted by Crippen LogP contribution is 2.65. The molecule has 10 heteroatoms. The van der Waals surface area contributed by atoms with E-state index in [1.165, 1.54) is 0 Å². The molecule has 1 spiro atoms. The molecule has 4 aliphatic heterocycles. The topological polar surface area (TPSA) is 109 Å². The Kier molecular flexibility index (Phi) is 10.3. The van der Waals surface area contributed by atoms with E-state index < -0.39 is 41.1 Å². The minimum atomic E-state index is -1.16. The number of esters is 1. The maximum atomic E-state index is 14.7. The zero-order chi connectivity index (χ0) is 29.8. The van der Waals surface area contributed by atoms with Crippen molar-refractivity contribution in [2.24, 2.45) is 17.8 Å². The largest absolute Gasteiger partial charge is 0.465 e. The number of carbonyl (C=O) groups excluding carboxylic acids is 3. The van der Waals surface area contributed by atoms with Gasteiger partial charge in [0, 0.05) is 32.7 Å². The molecular weight excluding hydrogens is 526 g/mol. The smallest absolute Gasteiger partial charge is 0.312 e. The van der Waals surface area contributed by atoms with E-state index in [2.05, 4.69) is 18.1 Å². The molecule has 2 bridgehead atoms. The number of aliphatic hydroxyl groups excluding tert-OH is 1. The Morgan fingerprint density at radius 2 is 1.95 bits per heavy atom. The highest BCUT2D eigenvalue weighted by atomic mass is 16.6. The molecule has 0 radical (unpaired) electrons. The van der Waals surface area contributed by atoms with Crippen molar-refractivity contribution in [2.45, 2.75) is 76.2 Å². The van der Waals surface area contributed by atoms with Crippen LogP contribution in [-0.4, -0.2) is 120 Å². The Labute approximate surface area is 244 Å². The first-order valence-electron chi connectivity index (χ1n) is 15.4. The van der Waals surface area contributed by atoms with Crippen molar-refractivity contribution in [3.8, 4) is 0 Å². The van der Waals surface area contributed by atoms with E-state index in [0.717, 1.165) is 13.1 Å². The van der Waals surface area contributed by atoms with Gasteiger partial charge in [0.15, 0.2) is 0 Å². The molecule has 4 aliphatic rings. The first-order valence-corrected chi connectivity index (χ1v) is 15.4. The first-order chi connectivity index (χ1) is 19.7. The number of fused-ring (bicyclic) bond motifs is 1. The van der Waals surface area contributed by atoms with Gasteiger partial charge in [-0.2, -0.15) is 0 Å². The van der Waals surface area contributed by atoms with Gasteiger partial charge in [0.05, 0.1) is 44.0 Å². The van der Waals surface area contributed by atoms with E-state index in [1.807, 2.05) is 20.8 Å². The number of amides is 2. The maximum absolute atomic E-state index is 14.7. The molecule has 41 heavy (non-hydrogen) atoms. The zero-order valence-corrected chi connectivity index (χ0v) is 25.1. The summed E-state index contributed by atoms with van der Waals surface area (Å²) >= 11 is 0. The number of hydrogen-bond acceptors (Lipinski definition) is 8. The molecule has 4 heterocycles. The summed E-state index contributed by atoms with van der Waals surface area (Å²) in [5, 5.41) is 10.6. The molecule has 0 aromatic heterocycles. The minimum Gasteiger partial charge on any atom is -0.465 e. The standard InChI is InChI=1S/C31H49N3O7/c1-6-10-18-40-29(38)25-24-27(36)34(23(21-35)22(5)8-3)26(31(24)12-11-30(25,9-4)41-31)28(37)33(13-7-2)15-14-32-16-19-39-20-17-32/h6-7,22-26,35H,1-2,8-21H2,3-5H3/t22-,23-,24-,25+,26?,30-,31?/m0/s1. The van der Waals surface area contributed by atoms with Crippen LogP contribution < -0.4 is 0 Å². The van der Waals surface area contributed by atoms with E-state index in [0.29, 0.717) is 65.0 Å². The number of nitrogens with zero attached hydrogens (tertiary/aromatic N) is 3. The van der Waals surface area contributed by atoms with Crippen LogP contribution in [0.15, 0.2) is 25.3 Å². The van der Waals surface area contributed by atoms with E-state index in [1.54, 1.807) is 22.0 Å². The Bertz CT molecular complexity index is 985. The second kappa shape index (κ2) is 13.4. The van der Waals surface area contributed by atoms with Gasteiger partial charge < -0.3 is 29.1 Å². The molecule has 1 N–H and O–H groups in total. The fourth-order valence-electron chi connectivity index (χ4n) is 7.51. The van der Waals surface area contributed by atoms with Gasteiger partial charge >= 0.3 is 5.97 Å². The second-order valence-corrected chi connectivity index (χ2v) is 12.0. The first kappa shape index (κ1) is 31.7. The van der Waals surface area contributed by atoms with Gasteiger partial charge in [-0.3, -0.25) is 19.3 Å². The van der Waals surface area contributed by atoms with E-state index in [-0.39, 0.29) is 30.9 Å². The van der Waals surface area contributed by atoms with Crippen LogP contribution in [0.1, 0.15) is 52.9 Å². The fourth-order valence-corrected chi connectivity index (χ4v) is 7.51. The Morgan fingerprint density at radius 3 is 2.56 bits per heavy atom. The highest BCUT2D eigenvalue weighted by Gasteiger charge is 2.79. The summed E-state index contributed by atoms with van der Waals surface area (Å²) in [6.45, 7) is 17.8. The molecule has 2 unspecified atom stereocenters. The molecule has 4 saturated heterocycles. The third-order valence-corrected chi connectivity index (χ3v) is 9.97. The van der Waals surface area contributed by atoms with Gasteiger partial charge in [-0.15, -0.1) is 13.2 Å². The quantitative estimate of drug-likeness (QED) is 0.180. The summed E-state index contributed by atoms with van der Waals surface area (Å²) in [6.07, 6.45) is 6.19. The van der Waals surface area contributed by atoms with Gasteiger partial charge in [0.2, 0.25) is 11.8 Å². The van der Waals surface area contributed by atoms with Gasteiger partial charge in [-0.1, -0.05) is 39.3 Å². The summed E-state index contributed by atoms with van der Waals surface area (Å²) in [7, 11) is 0. The normalized spacial score (nSPS) is 32.4. The molecule has 2 amide bonds. The molecular formula is C31H49N3O7. The SMILES string of the molecule is C=CCCOC(=O)[C@H]1[C@H]2C(=O)N([C@@H](CO)[C@@H](C)CC)C(C(=O)N(CC=C)CCN3CCOCC3)C23CC[C@]1(CC)O3.